The van der Waals surface area contributed by atoms with Crippen molar-refractivity contribution in [1.29, 1.82) is 0 Å². The third-order valence-corrected chi connectivity index (χ3v) is 2.74. The van der Waals surface area contributed by atoms with Gasteiger partial charge in [-0.25, -0.2) is 4.79 Å². The Hall–Kier alpha value is -0.820. The van der Waals surface area contributed by atoms with E-state index in [1.165, 1.54) is 0 Å². The Labute approximate surface area is 121 Å². The summed E-state index contributed by atoms with van der Waals surface area (Å²) < 4.78 is 6.13. The number of aliphatic hydroxyl groups excluding tert-OH is 1. The van der Waals surface area contributed by atoms with E-state index in [-0.39, 0.29) is 6.54 Å². The Balaban J connectivity index is 2.46. The van der Waals surface area contributed by atoms with Crippen molar-refractivity contribution in [3.8, 4) is 0 Å². The Morgan fingerprint density at radius 3 is 2.72 bits per heavy atom. The second kappa shape index (κ2) is 6.38. The first kappa shape index (κ1) is 15.2. The summed E-state index contributed by atoms with van der Waals surface area (Å²) in [5, 5.41) is 12.5. The molecular weight excluding hydrogens is 345 g/mol. The minimum Gasteiger partial charge on any atom is -0.444 e. The molecule has 4 nitrogen and oxygen atoms in total. The van der Waals surface area contributed by atoms with Crippen LogP contribution in [0.3, 0.4) is 0 Å². The largest absolute Gasteiger partial charge is 0.444 e. The van der Waals surface area contributed by atoms with Crippen molar-refractivity contribution in [3.63, 3.8) is 0 Å². The molecule has 0 aliphatic heterocycles. The number of rotatable bonds is 3. The smallest absolute Gasteiger partial charge is 0.407 e. The molecular formula is C13H18INO3. The van der Waals surface area contributed by atoms with Crippen LogP contribution in [0.25, 0.3) is 0 Å². The molecule has 0 aliphatic carbocycles. The van der Waals surface area contributed by atoms with E-state index in [4.69, 9.17) is 4.74 Å². The zero-order chi connectivity index (χ0) is 13.8. The van der Waals surface area contributed by atoms with Gasteiger partial charge in [0, 0.05) is 3.57 Å². The molecule has 1 atom stereocenters. The SMILES string of the molecule is CC(C)(C)OC(=O)NC[C@H](O)c1cccc(I)c1. The standard InChI is InChI=1S/C13H18INO3/c1-13(2,3)18-12(17)15-8-11(16)9-5-4-6-10(14)7-9/h4-7,11,16H,8H2,1-3H3,(H,15,17)/t11-/m0/s1. The van der Waals surface area contributed by atoms with Crippen LogP contribution in [-0.4, -0.2) is 23.3 Å². The van der Waals surface area contributed by atoms with Crippen LogP contribution >= 0.6 is 22.6 Å². The maximum atomic E-state index is 11.4. The van der Waals surface area contributed by atoms with Gasteiger partial charge >= 0.3 is 6.09 Å². The molecule has 0 aliphatic rings. The fourth-order valence-corrected chi connectivity index (χ4v) is 1.89. The molecule has 2 N–H and O–H groups in total. The number of halogens is 1. The number of amides is 1. The van der Waals surface area contributed by atoms with Gasteiger partial charge in [0.25, 0.3) is 0 Å². The van der Waals surface area contributed by atoms with Gasteiger partial charge in [0.2, 0.25) is 0 Å². The van der Waals surface area contributed by atoms with Gasteiger partial charge in [-0.3, -0.25) is 0 Å². The zero-order valence-corrected chi connectivity index (χ0v) is 12.9. The molecule has 0 heterocycles. The Morgan fingerprint density at radius 2 is 2.17 bits per heavy atom. The second-order valence-electron chi connectivity index (χ2n) is 4.95. The first-order valence-electron chi connectivity index (χ1n) is 5.68. The summed E-state index contributed by atoms with van der Waals surface area (Å²) in [7, 11) is 0. The Morgan fingerprint density at radius 1 is 1.50 bits per heavy atom. The summed E-state index contributed by atoms with van der Waals surface area (Å²) in [4.78, 5) is 11.4. The lowest BCUT2D eigenvalue weighted by Crippen LogP contribution is -2.34. The van der Waals surface area contributed by atoms with Crippen molar-refractivity contribution in [2.24, 2.45) is 0 Å². The van der Waals surface area contributed by atoms with Gasteiger partial charge in [0.15, 0.2) is 0 Å². The number of hydrogen-bond donors (Lipinski definition) is 2. The predicted octanol–water partition coefficient (Wildman–Crippen LogP) is 2.85. The highest BCUT2D eigenvalue weighted by Crippen LogP contribution is 2.15. The van der Waals surface area contributed by atoms with E-state index in [2.05, 4.69) is 27.9 Å². The number of alkyl carbamates (subject to hydrolysis) is 1. The lowest BCUT2D eigenvalue weighted by atomic mass is 10.1. The van der Waals surface area contributed by atoms with Gasteiger partial charge in [0.05, 0.1) is 12.6 Å². The first-order valence-corrected chi connectivity index (χ1v) is 6.76. The number of ether oxygens (including phenoxy) is 1. The van der Waals surface area contributed by atoms with Crippen molar-refractivity contribution in [2.75, 3.05) is 6.54 Å². The second-order valence-corrected chi connectivity index (χ2v) is 6.20. The lowest BCUT2D eigenvalue weighted by molar-refractivity contribution is 0.0492. The molecule has 0 saturated carbocycles. The maximum absolute atomic E-state index is 11.4. The van der Waals surface area contributed by atoms with E-state index >= 15 is 0 Å². The Bertz CT molecular complexity index is 415. The summed E-state index contributed by atoms with van der Waals surface area (Å²) in [5.74, 6) is 0. The van der Waals surface area contributed by atoms with Crippen LogP contribution in [0.4, 0.5) is 4.79 Å². The summed E-state index contributed by atoms with van der Waals surface area (Å²) in [6.45, 7) is 5.52. The van der Waals surface area contributed by atoms with E-state index in [0.29, 0.717) is 0 Å². The average Bonchev–Trinajstić information content (AvgIpc) is 2.23. The number of carbonyl (C=O) groups excluding carboxylic acids is 1. The number of aliphatic hydroxyl groups is 1. The minimum absolute atomic E-state index is 0.134. The fraction of sp³-hybridized carbons (Fsp3) is 0.462. The molecule has 0 aromatic heterocycles. The molecule has 100 valence electrons. The Kier molecular flexibility index (Phi) is 5.40. The van der Waals surface area contributed by atoms with Crippen molar-refractivity contribution < 1.29 is 14.6 Å². The van der Waals surface area contributed by atoms with Gasteiger partial charge in [-0.15, -0.1) is 0 Å². The summed E-state index contributed by atoms with van der Waals surface area (Å²) in [6, 6.07) is 7.51. The third-order valence-electron chi connectivity index (χ3n) is 2.07. The molecule has 5 heteroatoms. The third kappa shape index (κ3) is 5.68. The van der Waals surface area contributed by atoms with E-state index in [9.17, 15) is 9.90 Å². The van der Waals surface area contributed by atoms with E-state index in [0.717, 1.165) is 9.13 Å². The molecule has 1 rings (SSSR count). The predicted molar refractivity (Wildman–Crippen MR) is 78.4 cm³/mol. The van der Waals surface area contributed by atoms with Crippen LogP contribution in [0.1, 0.15) is 32.4 Å². The maximum Gasteiger partial charge on any atom is 0.407 e. The van der Waals surface area contributed by atoms with E-state index in [1.54, 1.807) is 20.8 Å². The molecule has 0 fully saturated rings. The van der Waals surface area contributed by atoms with Gasteiger partial charge in [-0.2, -0.15) is 0 Å². The highest BCUT2D eigenvalue weighted by molar-refractivity contribution is 14.1. The fourth-order valence-electron chi connectivity index (χ4n) is 1.33. The summed E-state index contributed by atoms with van der Waals surface area (Å²) in [6.07, 6.45) is -1.25. The van der Waals surface area contributed by atoms with Crippen LogP contribution in [0.5, 0.6) is 0 Å². The molecule has 0 radical (unpaired) electrons. The molecule has 1 aromatic carbocycles. The molecule has 0 bridgehead atoms. The van der Waals surface area contributed by atoms with E-state index < -0.39 is 17.8 Å². The topological polar surface area (TPSA) is 58.6 Å². The molecule has 0 unspecified atom stereocenters. The highest BCUT2D eigenvalue weighted by Gasteiger charge is 2.17. The number of nitrogens with one attached hydrogen (secondary N) is 1. The number of hydrogen-bond acceptors (Lipinski definition) is 3. The lowest BCUT2D eigenvalue weighted by Gasteiger charge is -2.20. The molecule has 18 heavy (non-hydrogen) atoms. The summed E-state index contributed by atoms with van der Waals surface area (Å²) >= 11 is 2.18. The van der Waals surface area contributed by atoms with Gasteiger partial charge in [-0.1, -0.05) is 12.1 Å². The van der Waals surface area contributed by atoms with Crippen LogP contribution in [0, 0.1) is 3.57 Å². The monoisotopic (exact) mass is 363 g/mol. The van der Waals surface area contributed by atoms with Crippen molar-refractivity contribution in [2.45, 2.75) is 32.5 Å². The van der Waals surface area contributed by atoms with E-state index in [1.807, 2.05) is 24.3 Å². The normalized spacial score (nSPS) is 12.9. The molecule has 0 saturated heterocycles. The quantitative estimate of drug-likeness (QED) is 0.812. The van der Waals surface area contributed by atoms with Crippen LogP contribution in [-0.2, 0) is 4.74 Å². The van der Waals surface area contributed by atoms with Gasteiger partial charge in [-0.05, 0) is 61.1 Å². The van der Waals surface area contributed by atoms with Crippen molar-refractivity contribution in [3.05, 3.63) is 33.4 Å². The van der Waals surface area contributed by atoms with Gasteiger partial charge in [0.1, 0.15) is 5.60 Å². The zero-order valence-electron chi connectivity index (χ0n) is 10.7. The number of carbonyl (C=O) groups is 1. The number of benzene rings is 1. The molecule has 0 spiro atoms. The molecule has 1 aromatic rings. The van der Waals surface area contributed by atoms with Crippen LogP contribution in [0.2, 0.25) is 0 Å². The van der Waals surface area contributed by atoms with Crippen LogP contribution < -0.4 is 5.32 Å². The minimum atomic E-state index is -0.729. The first-order chi connectivity index (χ1) is 8.28. The highest BCUT2D eigenvalue weighted by atomic mass is 127. The van der Waals surface area contributed by atoms with Crippen LogP contribution in [0.15, 0.2) is 24.3 Å². The van der Waals surface area contributed by atoms with Crippen molar-refractivity contribution >= 4 is 28.7 Å². The average molecular weight is 363 g/mol. The van der Waals surface area contributed by atoms with Crippen molar-refractivity contribution in [1.82, 2.24) is 5.32 Å². The van der Waals surface area contributed by atoms with Gasteiger partial charge < -0.3 is 15.2 Å². The molecule has 1 amide bonds. The summed E-state index contributed by atoms with van der Waals surface area (Å²) in [5.41, 5.74) is 0.245.